The first kappa shape index (κ1) is 16.7. The van der Waals surface area contributed by atoms with E-state index in [4.69, 9.17) is 4.42 Å². The molecular formula is C16H19N7O2. The number of hydrogen-bond donors (Lipinski definition) is 1. The van der Waals surface area contributed by atoms with Crippen LogP contribution in [0.25, 0.3) is 11.4 Å². The highest BCUT2D eigenvalue weighted by atomic mass is 16.4. The minimum atomic E-state index is -0.381. The molecule has 2 aromatic heterocycles. The summed E-state index contributed by atoms with van der Waals surface area (Å²) >= 11 is 0. The quantitative estimate of drug-likeness (QED) is 0.754. The number of aromatic nitrogens is 6. The highest BCUT2D eigenvalue weighted by Crippen LogP contribution is 2.18. The average Bonchev–Trinajstić information content (AvgIpc) is 3.24. The summed E-state index contributed by atoms with van der Waals surface area (Å²) in [6.07, 6.45) is 0. The van der Waals surface area contributed by atoms with Crippen molar-refractivity contribution in [3.8, 4) is 11.4 Å². The summed E-state index contributed by atoms with van der Waals surface area (Å²) in [5.41, 5.74) is 1.30. The molecule has 0 bridgehead atoms. The van der Waals surface area contributed by atoms with Crippen molar-refractivity contribution in [3.05, 3.63) is 41.6 Å². The number of tetrazole rings is 1. The van der Waals surface area contributed by atoms with Gasteiger partial charge in [-0.1, -0.05) is 26.0 Å². The van der Waals surface area contributed by atoms with E-state index in [1.165, 1.54) is 4.80 Å². The standard InChI is InChI=1S/C16H19N7O2/c1-9(2)15-19-20-16(25-15)10(3)17-14(24)12-7-5-11(6-8-12)13-18-22-23(4)21-13/h5-10H,1-4H3,(H,17,24)/t10-/m1/s1. The maximum Gasteiger partial charge on any atom is 0.251 e. The molecule has 0 fully saturated rings. The molecule has 0 aliphatic heterocycles. The molecular weight excluding hydrogens is 322 g/mol. The second-order valence-corrected chi connectivity index (χ2v) is 6.01. The van der Waals surface area contributed by atoms with Crippen molar-refractivity contribution in [2.24, 2.45) is 7.05 Å². The smallest absolute Gasteiger partial charge is 0.251 e. The number of rotatable bonds is 5. The Balaban J connectivity index is 1.68. The lowest BCUT2D eigenvalue weighted by molar-refractivity contribution is 0.0934. The normalized spacial score (nSPS) is 12.4. The molecule has 1 amide bonds. The lowest BCUT2D eigenvalue weighted by Crippen LogP contribution is -2.26. The van der Waals surface area contributed by atoms with Crippen LogP contribution >= 0.6 is 0 Å². The first-order chi connectivity index (χ1) is 11.9. The Hall–Kier alpha value is -3.10. The van der Waals surface area contributed by atoms with Crippen molar-refractivity contribution >= 4 is 5.91 Å². The Bertz CT molecular complexity index is 867. The predicted molar refractivity (Wildman–Crippen MR) is 88.5 cm³/mol. The molecule has 9 heteroatoms. The zero-order valence-electron chi connectivity index (χ0n) is 14.5. The molecule has 1 atom stereocenters. The van der Waals surface area contributed by atoms with Crippen molar-refractivity contribution in [1.29, 1.82) is 0 Å². The van der Waals surface area contributed by atoms with Gasteiger partial charge in [0.25, 0.3) is 5.91 Å². The van der Waals surface area contributed by atoms with E-state index in [-0.39, 0.29) is 17.9 Å². The third-order valence-electron chi connectivity index (χ3n) is 3.58. The van der Waals surface area contributed by atoms with Crippen molar-refractivity contribution in [2.75, 3.05) is 0 Å². The van der Waals surface area contributed by atoms with E-state index in [1.54, 1.807) is 38.2 Å². The Morgan fingerprint density at radius 1 is 1.08 bits per heavy atom. The fourth-order valence-electron chi connectivity index (χ4n) is 2.17. The molecule has 25 heavy (non-hydrogen) atoms. The van der Waals surface area contributed by atoms with Gasteiger partial charge in [0.05, 0.1) is 7.05 Å². The molecule has 3 aromatic rings. The van der Waals surface area contributed by atoms with Crippen molar-refractivity contribution < 1.29 is 9.21 Å². The predicted octanol–water partition coefficient (Wildman–Crippen LogP) is 1.87. The fourth-order valence-corrected chi connectivity index (χ4v) is 2.17. The molecule has 0 aliphatic rings. The molecule has 1 aromatic carbocycles. The number of nitrogens with one attached hydrogen (secondary N) is 1. The minimum Gasteiger partial charge on any atom is -0.423 e. The van der Waals surface area contributed by atoms with Crippen LogP contribution in [0.1, 0.15) is 54.9 Å². The van der Waals surface area contributed by atoms with E-state index in [1.807, 2.05) is 13.8 Å². The Labute approximate surface area is 144 Å². The summed E-state index contributed by atoms with van der Waals surface area (Å²) in [5, 5.41) is 22.7. The van der Waals surface area contributed by atoms with Crippen LogP contribution in [0.15, 0.2) is 28.7 Å². The van der Waals surface area contributed by atoms with Crippen LogP contribution in [0, 0.1) is 0 Å². The minimum absolute atomic E-state index is 0.145. The van der Waals surface area contributed by atoms with Crippen LogP contribution in [0.2, 0.25) is 0 Å². The first-order valence-corrected chi connectivity index (χ1v) is 7.92. The van der Waals surface area contributed by atoms with Crippen LogP contribution in [0.5, 0.6) is 0 Å². The second kappa shape index (κ2) is 6.80. The molecule has 0 saturated heterocycles. The molecule has 0 aliphatic carbocycles. The summed E-state index contributed by atoms with van der Waals surface area (Å²) in [5.74, 6) is 1.37. The summed E-state index contributed by atoms with van der Waals surface area (Å²) < 4.78 is 5.56. The van der Waals surface area contributed by atoms with Crippen LogP contribution in [0.4, 0.5) is 0 Å². The Morgan fingerprint density at radius 3 is 2.32 bits per heavy atom. The second-order valence-electron chi connectivity index (χ2n) is 6.01. The number of hydrogen-bond acceptors (Lipinski definition) is 7. The highest BCUT2D eigenvalue weighted by Gasteiger charge is 2.18. The SMILES string of the molecule is CC(C)c1nnc([C@@H](C)NC(=O)c2ccc(-c3nnn(C)n3)cc2)o1. The third-order valence-corrected chi connectivity index (χ3v) is 3.58. The summed E-state index contributed by atoms with van der Waals surface area (Å²) in [6, 6.07) is 6.59. The molecule has 130 valence electrons. The van der Waals surface area contributed by atoms with E-state index in [9.17, 15) is 4.79 Å². The molecule has 0 radical (unpaired) electrons. The van der Waals surface area contributed by atoms with Crippen molar-refractivity contribution in [3.63, 3.8) is 0 Å². The van der Waals surface area contributed by atoms with Crippen molar-refractivity contribution in [1.82, 2.24) is 35.7 Å². The van der Waals surface area contributed by atoms with E-state index in [2.05, 4.69) is 30.9 Å². The number of carbonyl (C=O) groups excluding carboxylic acids is 1. The maximum atomic E-state index is 12.4. The van der Waals surface area contributed by atoms with Gasteiger partial charge in [-0.25, -0.2) is 0 Å². The van der Waals surface area contributed by atoms with Crippen LogP contribution in [-0.2, 0) is 7.05 Å². The van der Waals surface area contributed by atoms with Gasteiger partial charge in [0.2, 0.25) is 17.6 Å². The Morgan fingerprint density at radius 2 is 1.76 bits per heavy atom. The van der Waals surface area contributed by atoms with Gasteiger partial charge in [0.1, 0.15) is 6.04 Å². The maximum absolute atomic E-state index is 12.4. The summed E-state index contributed by atoms with van der Waals surface area (Å²) in [7, 11) is 1.70. The number of benzene rings is 1. The lowest BCUT2D eigenvalue weighted by Gasteiger charge is -2.10. The summed E-state index contributed by atoms with van der Waals surface area (Å²) in [6.45, 7) is 5.73. The highest BCUT2D eigenvalue weighted by molar-refractivity contribution is 5.94. The van der Waals surface area contributed by atoms with Crippen molar-refractivity contribution in [2.45, 2.75) is 32.7 Å². The topological polar surface area (TPSA) is 112 Å². The average molecular weight is 341 g/mol. The molecule has 3 rings (SSSR count). The van der Waals surface area contributed by atoms with E-state index in [0.29, 0.717) is 23.2 Å². The van der Waals surface area contributed by atoms with Gasteiger partial charge in [0, 0.05) is 17.0 Å². The monoisotopic (exact) mass is 341 g/mol. The molecule has 0 spiro atoms. The Kier molecular flexibility index (Phi) is 4.55. The van der Waals surface area contributed by atoms with Crippen LogP contribution < -0.4 is 5.32 Å². The summed E-state index contributed by atoms with van der Waals surface area (Å²) in [4.78, 5) is 13.8. The van der Waals surface area contributed by atoms with Gasteiger partial charge in [-0.15, -0.1) is 20.4 Å². The van der Waals surface area contributed by atoms with E-state index < -0.39 is 0 Å². The van der Waals surface area contributed by atoms with Gasteiger partial charge >= 0.3 is 0 Å². The number of amides is 1. The zero-order chi connectivity index (χ0) is 18.0. The van der Waals surface area contributed by atoms with Gasteiger partial charge in [0.15, 0.2) is 0 Å². The number of carbonyl (C=O) groups is 1. The fraction of sp³-hybridized carbons (Fsp3) is 0.375. The van der Waals surface area contributed by atoms with Gasteiger partial charge < -0.3 is 9.73 Å². The lowest BCUT2D eigenvalue weighted by atomic mass is 10.1. The zero-order valence-corrected chi connectivity index (χ0v) is 14.5. The molecule has 0 unspecified atom stereocenters. The number of nitrogens with zero attached hydrogens (tertiary/aromatic N) is 6. The van der Waals surface area contributed by atoms with Crippen LogP contribution in [-0.4, -0.2) is 36.3 Å². The van der Waals surface area contributed by atoms with Gasteiger partial charge in [-0.05, 0) is 24.3 Å². The van der Waals surface area contributed by atoms with Gasteiger partial charge in [-0.2, -0.15) is 4.80 Å². The van der Waals surface area contributed by atoms with Gasteiger partial charge in [-0.3, -0.25) is 4.79 Å². The van der Waals surface area contributed by atoms with E-state index in [0.717, 1.165) is 5.56 Å². The van der Waals surface area contributed by atoms with E-state index >= 15 is 0 Å². The largest absolute Gasteiger partial charge is 0.423 e. The third kappa shape index (κ3) is 3.70. The van der Waals surface area contributed by atoms with Crippen LogP contribution in [0.3, 0.4) is 0 Å². The first-order valence-electron chi connectivity index (χ1n) is 7.92. The molecule has 9 nitrogen and oxygen atoms in total. The molecule has 0 saturated carbocycles. The molecule has 2 heterocycles. The number of aryl methyl sites for hydroxylation is 1. The molecule has 1 N–H and O–H groups in total.